The fourth-order valence-electron chi connectivity index (χ4n) is 2.27. The van der Waals surface area contributed by atoms with Crippen LogP contribution in [0.5, 0.6) is 0 Å². The van der Waals surface area contributed by atoms with Crippen molar-refractivity contribution in [3.63, 3.8) is 0 Å². The number of ether oxygens (including phenoxy) is 1. The predicted octanol–water partition coefficient (Wildman–Crippen LogP) is 2.36. The quantitative estimate of drug-likeness (QED) is 0.674. The Hall–Kier alpha value is -1.12. The number of aryl methyl sites for hydroxylation is 1. The van der Waals surface area contributed by atoms with Crippen molar-refractivity contribution >= 4 is 42.1 Å². The Bertz CT molecular complexity index is 617. The molecule has 2 rings (SSSR count). The first-order valence-corrected chi connectivity index (χ1v) is 8.09. The van der Waals surface area contributed by atoms with Crippen LogP contribution in [0.1, 0.15) is 21.7 Å². The number of methoxy groups -OCH3 is 1. The van der Waals surface area contributed by atoms with Crippen LogP contribution in [0.25, 0.3) is 5.13 Å². The third kappa shape index (κ3) is 5.75. The first kappa shape index (κ1) is 22.9. The number of carbonyl (C=O) groups excluding carboxylic acids is 1. The van der Waals surface area contributed by atoms with E-state index >= 15 is 0 Å². The van der Waals surface area contributed by atoms with Crippen molar-refractivity contribution in [3.05, 3.63) is 34.6 Å². The van der Waals surface area contributed by atoms with Gasteiger partial charge in [-0.3, -0.25) is 9.36 Å². The molecule has 0 unspecified atom stereocenters. The topological polar surface area (TPSA) is 68.2 Å². The number of hydrogen-bond donors (Lipinski definition) is 2. The van der Waals surface area contributed by atoms with Crippen molar-refractivity contribution in [2.24, 2.45) is 0 Å². The van der Waals surface area contributed by atoms with Gasteiger partial charge in [-0.1, -0.05) is 0 Å². The highest BCUT2D eigenvalue weighted by Gasteiger charge is 2.17. The lowest BCUT2D eigenvalue weighted by Crippen LogP contribution is -2.33. The summed E-state index contributed by atoms with van der Waals surface area (Å²) < 4.78 is 6.96. The molecule has 0 aliphatic rings. The van der Waals surface area contributed by atoms with Gasteiger partial charge in [0.25, 0.3) is 5.91 Å². The average molecular weight is 395 g/mol. The molecule has 1 amide bonds. The Morgan fingerprint density at radius 3 is 2.67 bits per heavy atom. The second-order valence-electron chi connectivity index (χ2n) is 4.93. The Balaban J connectivity index is 0.00000264. The Morgan fingerprint density at radius 2 is 2.04 bits per heavy atom. The zero-order valence-corrected chi connectivity index (χ0v) is 16.4. The van der Waals surface area contributed by atoms with E-state index in [2.05, 4.69) is 15.6 Å². The van der Waals surface area contributed by atoms with Gasteiger partial charge in [-0.2, -0.15) is 0 Å². The van der Waals surface area contributed by atoms with Gasteiger partial charge in [0.15, 0.2) is 5.13 Å². The normalized spacial score (nSPS) is 9.96. The summed E-state index contributed by atoms with van der Waals surface area (Å²) in [5.74, 6) is -0.0514. The van der Waals surface area contributed by atoms with Crippen molar-refractivity contribution in [2.45, 2.75) is 13.8 Å². The van der Waals surface area contributed by atoms with E-state index in [1.165, 1.54) is 0 Å². The van der Waals surface area contributed by atoms with E-state index in [-0.39, 0.29) is 30.7 Å². The third-order valence-corrected chi connectivity index (χ3v) is 4.11. The Morgan fingerprint density at radius 1 is 1.29 bits per heavy atom. The number of nitrogens with zero attached hydrogens (tertiary/aromatic N) is 2. The standard InChI is InChI=1S/C15H22N4O2S.2ClH/c1-11-10-13(12(2)19(11)15-18-7-9-22-15)14(20)17-5-4-16-6-8-21-3;;/h7,9-10,16H,4-6,8H2,1-3H3,(H,17,20);2*1H. The summed E-state index contributed by atoms with van der Waals surface area (Å²) in [5, 5.41) is 8.94. The SMILES string of the molecule is COCCNCCNC(=O)c1cc(C)n(-c2nccs2)c1C.Cl.Cl. The summed E-state index contributed by atoms with van der Waals surface area (Å²) in [6.45, 7) is 6.69. The number of nitrogens with one attached hydrogen (secondary N) is 2. The first-order chi connectivity index (χ1) is 10.6. The highest BCUT2D eigenvalue weighted by atomic mass is 35.5. The molecule has 0 saturated heterocycles. The molecule has 2 heterocycles. The highest BCUT2D eigenvalue weighted by molar-refractivity contribution is 7.12. The second kappa shape index (κ2) is 11.4. The smallest absolute Gasteiger partial charge is 0.253 e. The molecule has 2 N–H and O–H groups in total. The predicted molar refractivity (Wildman–Crippen MR) is 102 cm³/mol. The number of thiazole rings is 1. The van der Waals surface area contributed by atoms with Crippen LogP contribution < -0.4 is 10.6 Å². The van der Waals surface area contributed by atoms with Gasteiger partial charge in [-0.25, -0.2) is 4.98 Å². The van der Waals surface area contributed by atoms with Gasteiger partial charge >= 0.3 is 0 Å². The van der Waals surface area contributed by atoms with Gasteiger partial charge in [0.05, 0.1) is 12.2 Å². The minimum absolute atomic E-state index is 0. The van der Waals surface area contributed by atoms with Gasteiger partial charge < -0.3 is 15.4 Å². The lowest BCUT2D eigenvalue weighted by atomic mass is 10.2. The van der Waals surface area contributed by atoms with E-state index < -0.39 is 0 Å². The van der Waals surface area contributed by atoms with E-state index in [0.717, 1.165) is 29.6 Å². The van der Waals surface area contributed by atoms with E-state index in [0.29, 0.717) is 18.7 Å². The summed E-state index contributed by atoms with van der Waals surface area (Å²) >= 11 is 1.56. The molecule has 2 aromatic heterocycles. The molecule has 24 heavy (non-hydrogen) atoms. The molecule has 0 aromatic carbocycles. The summed E-state index contributed by atoms with van der Waals surface area (Å²) in [5.41, 5.74) is 2.62. The molecule has 9 heteroatoms. The van der Waals surface area contributed by atoms with Gasteiger partial charge in [0.2, 0.25) is 0 Å². The van der Waals surface area contributed by atoms with Crippen molar-refractivity contribution < 1.29 is 9.53 Å². The monoisotopic (exact) mass is 394 g/mol. The van der Waals surface area contributed by atoms with Crippen LogP contribution in [0.3, 0.4) is 0 Å². The molecule has 2 aromatic rings. The second-order valence-corrected chi connectivity index (χ2v) is 5.81. The molecule has 136 valence electrons. The largest absolute Gasteiger partial charge is 0.383 e. The molecule has 0 fully saturated rings. The van der Waals surface area contributed by atoms with Crippen molar-refractivity contribution in [2.75, 3.05) is 33.4 Å². The Labute approximate surface area is 158 Å². The van der Waals surface area contributed by atoms with Gasteiger partial charge in [0, 0.05) is 49.7 Å². The van der Waals surface area contributed by atoms with Crippen molar-refractivity contribution in [3.8, 4) is 5.13 Å². The number of hydrogen-bond acceptors (Lipinski definition) is 5. The van der Waals surface area contributed by atoms with Crippen LogP contribution in [0.2, 0.25) is 0 Å². The maximum absolute atomic E-state index is 12.3. The van der Waals surface area contributed by atoms with Crippen LogP contribution in [0.4, 0.5) is 0 Å². The fraction of sp³-hybridized carbons (Fsp3) is 0.467. The maximum Gasteiger partial charge on any atom is 0.253 e. The van der Waals surface area contributed by atoms with Crippen molar-refractivity contribution in [1.29, 1.82) is 0 Å². The van der Waals surface area contributed by atoms with E-state index in [9.17, 15) is 4.79 Å². The van der Waals surface area contributed by atoms with Gasteiger partial charge in [-0.15, -0.1) is 36.2 Å². The molecule has 6 nitrogen and oxygen atoms in total. The third-order valence-electron chi connectivity index (χ3n) is 3.36. The molecule has 0 saturated carbocycles. The van der Waals surface area contributed by atoms with Gasteiger partial charge in [-0.05, 0) is 19.9 Å². The van der Waals surface area contributed by atoms with Crippen LogP contribution >= 0.6 is 36.2 Å². The average Bonchev–Trinajstić information content (AvgIpc) is 3.10. The molecule has 0 aliphatic carbocycles. The van der Waals surface area contributed by atoms with Crippen LogP contribution in [0, 0.1) is 13.8 Å². The summed E-state index contributed by atoms with van der Waals surface area (Å²) in [7, 11) is 1.67. The molecule has 0 bridgehead atoms. The highest BCUT2D eigenvalue weighted by Crippen LogP contribution is 2.22. The number of aromatic nitrogens is 2. The molecular formula is C15H24Cl2N4O2S. The number of amides is 1. The zero-order chi connectivity index (χ0) is 15.9. The summed E-state index contributed by atoms with van der Waals surface area (Å²) in [6.07, 6.45) is 1.77. The summed E-state index contributed by atoms with van der Waals surface area (Å²) in [4.78, 5) is 16.6. The van der Waals surface area contributed by atoms with E-state index in [1.54, 1.807) is 24.6 Å². The first-order valence-electron chi connectivity index (χ1n) is 7.21. The molecule has 0 spiro atoms. The van der Waals surface area contributed by atoms with E-state index in [1.807, 2.05) is 29.9 Å². The van der Waals surface area contributed by atoms with Crippen LogP contribution in [-0.2, 0) is 4.74 Å². The van der Waals surface area contributed by atoms with E-state index in [4.69, 9.17) is 4.74 Å². The molecule has 0 radical (unpaired) electrons. The number of carbonyl (C=O) groups is 1. The van der Waals surface area contributed by atoms with Crippen LogP contribution in [-0.4, -0.2) is 48.8 Å². The molecule has 0 atom stereocenters. The number of halogens is 2. The zero-order valence-electron chi connectivity index (χ0n) is 14.0. The summed E-state index contributed by atoms with van der Waals surface area (Å²) in [6, 6.07) is 1.91. The van der Waals surface area contributed by atoms with Gasteiger partial charge in [0.1, 0.15) is 0 Å². The minimum Gasteiger partial charge on any atom is -0.383 e. The number of rotatable bonds is 8. The maximum atomic E-state index is 12.3. The van der Waals surface area contributed by atoms with Crippen molar-refractivity contribution in [1.82, 2.24) is 20.2 Å². The molecular weight excluding hydrogens is 371 g/mol. The minimum atomic E-state index is -0.0514. The molecule has 0 aliphatic heterocycles. The lowest BCUT2D eigenvalue weighted by Gasteiger charge is -2.07. The Kier molecular flexibility index (Phi) is 10.9. The lowest BCUT2D eigenvalue weighted by molar-refractivity contribution is 0.0953. The van der Waals surface area contributed by atoms with Crippen LogP contribution in [0.15, 0.2) is 17.6 Å². The fourth-order valence-corrected chi connectivity index (χ4v) is 3.02.